The fourth-order valence-corrected chi connectivity index (χ4v) is 3.23. The second-order valence-corrected chi connectivity index (χ2v) is 6.23. The van der Waals surface area contributed by atoms with E-state index in [0.717, 1.165) is 39.1 Å². The van der Waals surface area contributed by atoms with Crippen molar-refractivity contribution in [2.75, 3.05) is 26.3 Å². The van der Waals surface area contributed by atoms with E-state index in [-0.39, 0.29) is 12.1 Å². The molecule has 1 aromatic heterocycles. The van der Waals surface area contributed by atoms with Crippen LogP contribution in [0.25, 0.3) is 0 Å². The number of carbonyl (C=O) groups excluding carboxylic acids is 1. The Balaban J connectivity index is 1.72. The van der Waals surface area contributed by atoms with Crippen LogP contribution in [0.1, 0.15) is 25.8 Å². The average Bonchev–Trinajstić information content (AvgIpc) is 3.07. The maximum absolute atomic E-state index is 12.2. The molecule has 1 fully saturated rings. The second kappa shape index (κ2) is 7.64. The first kappa shape index (κ1) is 15.3. The molecular formula is C15H24N2O2S. The van der Waals surface area contributed by atoms with Crippen molar-refractivity contribution in [3.05, 3.63) is 22.4 Å². The summed E-state index contributed by atoms with van der Waals surface area (Å²) in [6.45, 7) is 7.24. The van der Waals surface area contributed by atoms with Crippen LogP contribution < -0.4 is 5.32 Å². The molecule has 1 aliphatic rings. The lowest BCUT2D eigenvalue weighted by molar-refractivity contribution is 0.113. The summed E-state index contributed by atoms with van der Waals surface area (Å²) in [5.74, 6) is 0.493. The summed E-state index contributed by atoms with van der Waals surface area (Å²) >= 11 is 1.70. The van der Waals surface area contributed by atoms with E-state index < -0.39 is 0 Å². The van der Waals surface area contributed by atoms with E-state index in [2.05, 4.69) is 29.1 Å². The zero-order chi connectivity index (χ0) is 14.4. The Kier molecular flexibility index (Phi) is 5.86. The Morgan fingerprint density at radius 1 is 1.65 bits per heavy atom. The molecule has 1 aliphatic heterocycles. The first-order chi connectivity index (χ1) is 9.69. The van der Waals surface area contributed by atoms with Crippen molar-refractivity contribution in [2.45, 2.75) is 32.7 Å². The van der Waals surface area contributed by atoms with Gasteiger partial charge in [-0.1, -0.05) is 0 Å². The van der Waals surface area contributed by atoms with E-state index >= 15 is 0 Å². The van der Waals surface area contributed by atoms with Crippen molar-refractivity contribution in [2.24, 2.45) is 5.92 Å². The highest BCUT2D eigenvalue weighted by Gasteiger charge is 2.26. The summed E-state index contributed by atoms with van der Waals surface area (Å²) in [4.78, 5) is 14.1. The number of rotatable bonds is 6. The number of nitrogens with zero attached hydrogens (tertiary/aromatic N) is 1. The van der Waals surface area contributed by atoms with E-state index in [0.29, 0.717) is 5.92 Å². The standard InChI is InChI=1S/C15H24N2O2S/c1-3-19-10-14-4-6-17(9-14)15(18)16-12(2)8-13-5-7-20-11-13/h5,7,11-12,14H,3-4,6,8-10H2,1-2H3,(H,16,18)/t12-,14-/m0/s1. The Morgan fingerprint density at radius 3 is 3.20 bits per heavy atom. The number of urea groups is 1. The van der Waals surface area contributed by atoms with Crippen molar-refractivity contribution in [1.29, 1.82) is 0 Å². The van der Waals surface area contributed by atoms with Gasteiger partial charge >= 0.3 is 6.03 Å². The molecule has 0 unspecified atom stereocenters. The Hall–Kier alpha value is -1.07. The number of carbonyl (C=O) groups is 1. The molecule has 2 amide bonds. The van der Waals surface area contributed by atoms with E-state index in [1.54, 1.807) is 11.3 Å². The maximum atomic E-state index is 12.2. The van der Waals surface area contributed by atoms with Crippen LogP contribution in [-0.4, -0.2) is 43.3 Å². The Bertz CT molecular complexity index is 408. The molecule has 20 heavy (non-hydrogen) atoms. The van der Waals surface area contributed by atoms with Gasteiger partial charge in [0.15, 0.2) is 0 Å². The van der Waals surface area contributed by atoms with Gasteiger partial charge in [0.2, 0.25) is 0 Å². The summed E-state index contributed by atoms with van der Waals surface area (Å²) < 4.78 is 5.44. The summed E-state index contributed by atoms with van der Waals surface area (Å²) in [6.07, 6.45) is 1.94. The smallest absolute Gasteiger partial charge is 0.317 e. The van der Waals surface area contributed by atoms with Gasteiger partial charge in [-0.05, 0) is 49.1 Å². The fourth-order valence-electron chi connectivity index (χ4n) is 2.55. The molecule has 0 spiro atoms. The van der Waals surface area contributed by atoms with E-state index in [9.17, 15) is 4.79 Å². The third kappa shape index (κ3) is 4.49. The molecule has 112 valence electrons. The lowest BCUT2D eigenvalue weighted by atomic mass is 10.1. The number of hydrogen-bond donors (Lipinski definition) is 1. The number of nitrogens with one attached hydrogen (secondary N) is 1. The predicted molar refractivity (Wildman–Crippen MR) is 82.2 cm³/mol. The van der Waals surface area contributed by atoms with Crippen molar-refractivity contribution < 1.29 is 9.53 Å². The lowest BCUT2D eigenvalue weighted by Gasteiger charge is -2.21. The number of thiophene rings is 1. The largest absolute Gasteiger partial charge is 0.381 e. The minimum atomic E-state index is 0.0618. The van der Waals surface area contributed by atoms with E-state index in [4.69, 9.17) is 4.74 Å². The van der Waals surface area contributed by atoms with Crippen LogP contribution in [0.4, 0.5) is 4.79 Å². The predicted octanol–water partition coefficient (Wildman–Crippen LogP) is 2.75. The third-order valence-electron chi connectivity index (χ3n) is 3.62. The maximum Gasteiger partial charge on any atom is 0.317 e. The minimum Gasteiger partial charge on any atom is -0.381 e. The van der Waals surface area contributed by atoms with Crippen molar-refractivity contribution in [1.82, 2.24) is 10.2 Å². The lowest BCUT2D eigenvalue weighted by Crippen LogP contribution is -2.43. The van der Waals surface area contributed by atoms with Gasteiger partial charge in [-0.3, -0.25) is 0 Å². The molecule has 2 atom stereocenters. The number of ether oxygens (including phenoxy) is 1. The molecule has 2 heterocycles. The molecule has 1 N–H and O–H groups in total. The summed E-state index contributed by atoms with van der Waals surface area (Å²) in [6, 6.07) is 2.34. The number of likely N-dealkylation sites (tertiary alicyclic amines) is 1. The summed E-state index contributed by atoms with van der Waals surface area (Å²) in [7, 11) is 0. The first-order valence-electron chi connectivity index (χ1n) is 7.33. The molecule has 0 saturated carbocycles. The molecule has 0 bridgehead atoms. The molecule has 0 aliphatic carbocycles. The first-order valence-corrected chi connectivity index (χ1v) is 8.27. The molecule has 4 nitrogen and oxygen atoms in total. The number of amides is 2. The monoisotopic (exact) mass is 296 g/mol. The van der Waals surface area contributed by atoms with Crippen molar-refractivity contribution in [3.63, 3.8) is 0 Å². The summed E-state index contributed by atoms with van der Waals surface area (Å²) in [5.41, 5.74) is 1.29. The van der Waals surface area contributed by atoms with Gasteiger partial charge in [0.1, 0.15) is 0 Å². The highest BCUT2D eigenvalue weighted by Crippen LogP contribution is 2.17. The molecule has 2 rings (SSSR count). The second-order valence-electron chi connectivity index (χ2n) is 5.45. The van der Waals surface area contributed by atoms with Crippen LogP contribution in [0.15, 0.2) is 16.8 Å². The normalized spacial score (nSPS) is 20.1. The summed E-state index contributed by atoms with van der Waals surface area (Å²) in [5, 5.41) is 7.30. The molecule has 5 heteroatoms. The number of hydrogen-bond acceptors (Lipinski definition) is 3. The van der Waals surface area contributed by atoms with Crippen molar-refractivity contribution >= 4 is 17.4 Å². The Labute approximate surface area is 125 Å². The van der Waals surface area contributed by atoms with Gasteiger partial charge in [-0.2, -0.15) is 11.3 Å². The van der Waals surface area contributed by atoms with Crippen LogP contribution in [-0.2, 0) is 11.2 Å². The third-order valence-corrected chi connectivity index (χ3v) is 4.35. The molecular weight excluding hydrogens is 272 g/mol. The van der Waals surface area contributed by atoms with Crippen LogP contribution >= 0.6 is 11.3 Å². The quantitative estimate of drug-likeness (QED) is 0.877. The van der Waals surface area contributed by atoms with Crippen LogP contribution in [0, 0.1) is 5.92 Å². The van der Waals surface area contributed by atoms with Crippen LogP contribution in [0.5, 0.6) is 0 Å². The highest BCUT2D eigenvalue weighted by molar-refractivity contribution is 7.07. The average molecular weight is 296 g/mol. The Morgan fingerprint density at radius 2 is 2.50 bits per heavy atom. The van der Waals surface area contributed by atoms with Gasteiger partial charge in [0.05, 0.1) is 6.61 Å². The molecule has 1 saturated heterocycles. The van der Waals surface area contributed by atoms with Gasteiger partial charge in [0.25, 0.3) is 0 Å². The highest BCUT2D eigenvalue weighted by atomic mass is 32.1. The molecule has 0 aromatic carbocycles. The molecule has 1 aromatic rings. The minimum absolute atomic E-state index is 0.0618. The van der Waals surface area contributed by atoms with E-state index in [1.165, 1.54) is 5.56 Å². The van der Waals surface area contributed by atoms with Crippen molar-refractivity contribution in [3.8, 4) is 0 Å². The van der Waals surface area contributed by atoms with Gasteiger partial charge < -0.3 is 15.0 Å². The van der Waals surface area contributed by atoms with Gasteiger partial charge in [-0.25, -0.2) is 4.79 Å². The van der Waals surface area contributed by atoms with Crippen LogP contribution in [0.2, 0.25) is 0 Å². The van der Waals surface area contributed by atoms with E-state index in [1.807, 2.05) is 11.8 Å². The fraction of sp³-hybridized carbons (Fsp3) is 0.667. The SMILES string of the molecule is CCOC[C@H]1CCN(C(=O)N[C@@H](C)Cc2ccsc2)C1. The van der Waals surface area contributed by atoms with Crippen LogP contribution in [0.3, 0.4) is 0 Å². The van der Waals surface area contributed by atoms with Gasteiger partial charge in [-0.15, -0.1) is 0 Å². The zero-order valence-corrected chi connectivity index (χ0v) is 13.1. The molecule has 0 radical (unpaired) electrons. The zero-order valence-electron chi connectivity index (χ0n) is 12.3. The van der Waals surface area contributed by atoms with Gasteiger partial charge in [0, 0.05) is 31.7 Å². The topological polar surface area (TPSA) is 41.6 Å².